The van der Waals surface area contributed by atoms with Crippen LogP contribution in [-0.2, 0) is 5.41 Å². The van der Waals surface area contributed by atoms with Crippen molar-refractivity contribution in [2.75, 3.05) is 4.90 Å². The molecule has 2 nitrogen and oxygen atoms in total. The van der Waals surface area contributed by atoms with Gasteiger partial charge in [0.15, 0.2) is 0 Å². The van der Waals surface area contributed by atoms with Crippen LogP contribution in [0.1, 0.15) is 25.0 Å². The molecule has 2 heteroatoms. The van der Waals surface area contributed by atoms with Crippen LogP contribution in [0, 0.1) is 0 Å². The summed E-state index contributed by atoms with van der Waals surface area (Å²) in [4.78, 5) is 2.42. The maximum atomic E-state index is 6.53. The Morgan fingerprint density at radius 3 is 1.98 bits per heavy atom. The minimum atomic E-state index is -0.0530. The molecule has 1 aliphatic rings. The zero-order chi connectivity index (χ0) is 34.1. The maximum absolute atomic E-state index is 6.53. The molecule has 8 aromatic carbocycles. The second kappa shape index (κ2) is 11.3. The molecule has 0 atom stereocenters. The lowest BCUT2D eigenvalue weighted by Crippen LogP contribution is -2.15. The Balaban J connectivity index is 1.16. The molecule has 0 N–H and O–H groups in total. The lowest BCUT2D eigenvalue weighted by atomic mass is 9.82. The van der Waals surface area contributed by atoms with E-state index in [-0.39, 0.29) is 5.41 Å². The van der Waals surface area contributed by atoms with E-state index in [4.69, 9.17) is 4.42 Å². The molecular formula is C49H35NO. The predicted molar refractivity (Wildman–Crippen MR) is 214 cm³/mol. The van der Waals surface area contributed by atoms with Crippen molar-refractivity contribution in [3.05, 3.63) is 187 Å². The van der Waals surface area contributed by atoms with Crippen molar-refractivity contribution in [2.45, 2.75) is 19.3 Å². The highest BCUT2D eigenvalue weighted by molar-refractivity contribution is 6.19. The number of nitrogens with zero attached hydrogens (tertiary/aromatic N) is 1. The van der Waals surface area contributed by atoms with Crippen molar-refractivity contribution in [1.29, 1.82) is 0 Å². The highest BCUT2D eigenvalue weighted by Gasteiger charge is 2.35. The topological polar surface area (TPSA) is 16.4 Å². The van der Waals surface area contributed by atoms with Crippen molar-refractivity contribution in [3.8, 4) is 33.4 Å². The first-order valence-corrected chi connectivity index (χ1v) is 17.7. The summed E-state index contributed by atoms with van der Waals surface area (Å²) in [6, 6.07) is 63.6. The van der Waals surface area contributed by atoms with Gasteiger partial charge in [-0.3, -0.25) is 0 Å². The van der Waals surface area contributed by atoms with Crippen LogP contribution in [0.4, 0.5) is 17.1 Å². The predicted octanol–water partition coefficient (Wildman–Crippen LogP) is 13.8. The number of rotatable bonds is 5. The van der Waals surface area contributed by atoms with E-state index in [1.807, 2.05) is 6.07 Å². The summed E-state index contributed by atoms with van der Waals surface area (Å²) >= 11 is 0. The molecule has 1 aromatic heterocycles. The van der Waals surface area contributed by atoms with Crippen LogP contribution in [-0.4, -0.2) is 0 Å². The van der Waals surface area contributed by atoms with Gasteiger partial charge in [-0.2, -0.15) is 0 Å². The number of furan rings is 1. The SMILES string of the molecule is CC1(C)c2ccccc2-c2cc(N(c3ccc(-c4cccc5ccc6c7ccccc7oc6c45)cc3)c3ccccc3-c3ccccc3)ccc21. The van der Waals surface area contributed by atoms with Crippen molar-refractivity contribution >= 4 is 49.8 Å². The minimum Gasteiger partial charge on any atom is -0.455 e. The number of fused-ring (bicyclic) bond motifs is 8. The fourth-order valence-corrected chi connectivity index (χ4v) is 8.39. The highest BCUT2D eigenvalue weighted by atomic mass is 16.3. The van der Waals surface area contributed by atoms with Gasteiger partial charge in [0, 0.05) is 38.5 Å². The smallest absolute Gasteiger partial charge is 0.143 e. The fraction of sp³-hybridized carbons (Fsp3) is 0.0612. The summed E-state index contributed by atoms with van der Waals surface area (Å²) in [5.41, 5.74) is 15.2. The van der Waals surface area contributed by atoms with E-state index in [2.05, 4.69) is 189 Å². The van der Waals surface area contributed by atoms with Gasteiger partial charge in [-0.25, -0.2) is 0 Å². The van der Waals surface area contributed by atoms with Crippen LogP contribution >= 0.6 is 0 Å². The van der Waals surface area contributed by atoms with Gasteiger partial charge in [-0.1, -0.05) is 147 Å². The highest BCUT2D eigenvalue weighted by Crippen LogP contribution is 2.51. The summed E-state index contributed by atoms with van der Waals surface area (Å²) in [6.45, 7) is 4.68. The first kappa shape index (κ1) is 29.5. The molecule has 0 bridgehead atoms. The van der Waals surface area contributed by atoms with Gasteiger partial charge < -0.3 is 9.32 Å². The molecule has 0 amide bonds. The summed E-state index contributed by atoms with van der Waals surface area (Å²) in [5, 5.41) is 4.60. The average Bonchev–Trinajstić information content (AvgIpc) is 3.68. The molecule has 0 fully saturated rings. The average molecular weight is 654 g/mol. The standard InChI is InChI=1S/C49H35NO/c1-49(2)43-20-9-6-17-39(43)42-31-36(28-30-44(42)49)50(45-21-10-7-16-37(45)32-13-4-3-5-14-32)35-26-23-33(24-27-35)38-19-12-15-34-25-29-41-40-18-8-11-22-46(40)51-48(41)47(34)38/h3-31H,1-2H3. The van der Waals surface area contributed by atoms with E-state index in [1.54, 1.807) is 0 Å². The van der Waals surface area contributed by atoms with Gasteiger partial charge in [0.05, 0.1) is 5.69 Å². The fourth-order valence-electron chi connectivity index (χ4n) is 8.39. The van der Waals surface area contributed by atoms with Crippen molar-refractivity contribution in [3.63, 3.8) is 0 Å². The van der Waals surface area contributed by atoms with Crippen molar-refractivity contribution < 1.29 is 4.42 Å². The van der Waals surface area contributed by atoms with Gasteiger partial charge in [-0.15, -0.1) is 0 Å². The number of benzene rings is 8. The molecule has 9 aromatic rings. The molecule has 242 valence electrons. The van der Waals surface area contributed by atoms with Crippen LogP contribution in [0.3, 0.4) is 0 Å². The quantitative estimate of drug-likeness (QED) is 0.184. The molecule has 51 heavy (non-hydrogen) atoms. The van der Waals surface area contributed by atoms with E-state index in [0.717, 1.165) is 55.5 Å². The normalized spacial score (nSPS) is 13.1. The van der Waals surface area contributed by atoms with E-state index in [1.165, 1.54) is 38.8 Å². The third-order valence-corrected chi connectivity index (χ3v) is 10.9. The molecule has 0 unspecified atom stereocenters. The second-order valence-electron chi connectivity index (χ2n) is 14.1. The third-order valence-electron chi connectivity index (χ3n) is 10.9. The van der Waals surface area contributed by atoms with Crippen molar-refractivity contribution in [1.82, 2.24) is 0 Å². The van der Waals surface area contributed by atoms with Crippen LogP contribution in [0.5, 0.6) is 0 Å². The lowest BCUT2D eigenvalue weighted by molar-refractivity contribution is 0.660. The Labute approximate surface area is 297 Å². The molecule has 0 spiro atoms. The van der Waals surface area contributed by atoms with Gasteiger partial charge in [0.25, 0.3) is 0 Å². The Bertz CT molecular complexity index is 2770. The molecule has 1 aliphatic carbocycles. The molecular weight excluding hydrogens is 619 g/mol. The Morgan fingerprint density at radius 2 is 1.12 bits per heavy atom. The van der Waals surface area contributed by atoms with Crippen molar-refractivity contribution in [2.24, 2.45) is 0 Å². The van der Waals surface area contributed by atoms with E-state index in [9.17, 15) is 0 Å². The van der Waals surface area contributed by atoms with Crippen LogP contribution in [0.2, 0.25) is 0 Å². The third kappa shape index (κ3) is 4.57. The first-order valence-electron chi connectivity index (χ1n) is 17.7. The largest absolute Gasteiger partial charge is 0.455 e. The molecule has 0 radical (unpaired) electrons. The molecule has 0 aliphatic heterocycles. The number of hydrogen-bond acceptors (Lipinski definition) is 2. The number of para-hydroxylation sites is 2. The van der Waals surface area contributed by atoms with E-state index >= 15 is 0 Å². The van der Waals surface area contributed by atoms with Gasteiger partial charge in [0.2, 0.25) is 0 Å². The van der Waals surface area contributed by atoms with Gasteiger partial charge in [0.1, 0.15) is 11.2 Å². The zero-order valence-electron chi connectivity index (χ0n) is 28.6. The van der Waals surface area contributed by atoms with Gasteiger partial charge in [-0.05, 0) is 86.8 Å². The second-order valence-corrected chi connectivity index (χ2v) is 14.1. The molecule has 0 saturated heterocycles. The monoisotopic (exact) mass is 653 g/mol. The molecule has 0 saturated carbocycles. The van der Waals surface area contributed by atoms with E-state index < -0.39 is 0 Å². The van der Waals surface area contributed by atoms with Gasteiger partial charge >= 0.3 is 0 Å². The summed E-state index contributed by atoms with van der Waals surface area (Å²) in [7, 11) is 0. The summed E-state index contributed by atoms with van der Waals surface area (Å²) in [6.07, 6.45) is 0. The molecule has 1 heterocycles. The molecule has 10 rings (SSSR count). The first-order chi connectivity index (χ1) is 25.1. The lowest BCUT2D eigenvalue weighted by Gasteiger charge is -2.29. The van der Waals surface area contributed by atoms with E-state index in [0.29, 0.717) is 0 Å². The van der Waals surface area contributed by atoms with Crippen LogP contribution in [0.25, 0.3) is 66.1 Å². The van der Waals surface area contributed by atoms with Crippen LogP contribution in [0.15, 0.2) is 180 Å². The Kier molecular flexibility index (Phi) is 6.56. The maximum Gasteiger partial charge on any atom is 0.143 e. The Morgan fingerprint density at radius 1 is 0.451 bits per heavy atom. The number of anilines is 3. The minimum absolute atomic E-state index is 0.0530. The summed E-state index contributed by atoms with van der Waals surface area (Å²) in [5.74, 6) is 0. The number of hydrogen-bond donors (Lipinski definition) is 0. The van der Waals surface area contributed by atoms with Crippen LogP contribution < -0.4 is 4.90 Å². The zero-order valence-corrected chi connectivity index (χ0v) is 28.6. The summed E-state index contributed by atoms with van der Waals surface area (Å²) < 4.78 is 6.53. The Hall–Kier alpha value is -6.38.